The number of likely N-dealkylation sites (tertiary alicyclic amines) is 1. The van der Waals surface area contributed by atoms with Gasteiger partial charge in [-0.1, -0.05) is 0 Å². The molecule has 2 N–H and O–H groups in total. The van der Waals surface area contributed by atoms with E-state index < -0.39 is 5.60 Å². The number of hydrogen-bond acceptors (Lipinski definition) is 5. The lowest BCUT2D eigenvalue weighted by molar-refractivity contribution is 0.0172. The molecule has 25 heavy (non-hydrogen) atoms. The van der Waals surface area contributed by atoms with Crippen LogP contribution >= 0.6 is 0 Å². The van der Waals surface area contributed by atoms with Gasteiger partial charge in [-0.3, -0.25) is 0 Å². The van der Waals surface area contributed by atoms with E-state index in [1.807, 2.05) is 26.8 Å². The molecule has 1 saturated heterocycles. The highest BCUT2D eigenvalue weighted by atomic mass is 16.6. The Balaban J connectivity index is 1.88. The van der Waals surface area contributed by atoms with E-state index in [4.69, 9.17) is 9.47 Å². The maximum Gasteiger partial charge on any atom is 0.410 e. The molecule has 0 spiro atoms. The number of hydrogen-bond donors (Lipinski definition) is 2. The third-order valence-electron chi connectivity index (χ3n) is 3.98. The van der Waals surface area contributed by atoms with Gasteiger partial charge in [0.2, 0.25) is 0 Å². The zero-order chi connectivity index (χ0) is 18.4. The van der Waals surface area contributed by atoms with Crippen LogP contribution in [0.3, 0.4) is 0 Å². The third-order valence-corrected chi connectivity index (χ3v) is 3.98. The van der Waals surface area contributed by atoms with E-state index in [-0.39, 0.29) is 12.1 Å². The molecule has 0 aromatic carbocycles. The predicted octanol–water partition coefficient (Wildman–Crippen LogP) is 3.25. The molecule has 1 aromatic heterocycles. The first-order valence-electron chi connectivity index (χ1n) is 8.86. The lowest BCUT2D eigenvalue weighted by Gasteiger charge is -2.34. The molecule has 0 radical (unpaired) electrons. The number of ether oxygens (including phenoxy) is 2. The smallest absolute Gasteiger partial charge is 0.410 e. The van der Waals surface area contributed by atoms with Gasteiger partial charge >= 0.3 is 12.1 Å². The van der Waals surface area contributed by atoms with E-state index in [2.05, 4.69) is 10.3 Å². The van der Waals surface area contributed by atoms with Crippen LogP contribution in [0.1, 0.15) is 51.0 Å². The average Bonchev–Trinajstić information content (AvgIpc) is 3.00. The van der Waals surface area contributed by atoms with Crippen molar-refractivity contribution in [2.45, 2.75) is 46.1 Å². The van der Waals surface area contributed by atoms with E-state index in [9.17, 15) is 9.59 Å². The fraction of sp³-hybridized carbons (Fsp3) is 0.667. The van der Waals surface area contributed by atoms with Gasteiger partial charge < -0.3 is 24.7 Å². The number of amides is 1. The molecule has 1 aromatic rings. The molecule has 1 aliphatic heterocycles. The SMILES string of the molecule is CCOC(=O)c1[nH]ccc1NCC1CCCN(C(=O)OC(C)(C)C)C1. The highest BCUT2D eigenvalue weighted by Crippen LogP contribution is 2.21. The highest BCUT2D eigenvalue weighted by molar-refractivity contribution is 5.93. The van der Waals surface area contributed by atoms with Gasteiger partial charge in [-0.15, -0.1) is 0 Å². The molecule has 1 unspecified atom stereocenters. The normalized spacial score (nSPS) is 17.9. The van der Waals surface area contributed by atoms with Crippen molar-refractivity contribution in [2.24, 2.45) is 5.92 Å². The molecule has 0 aliphatic carbocycles. The third kappa shape index (κ3) is 5.69. The molecule has 1 fully saturated rings. The number of anilines is 1. The number of nitrogens with zero attached hydrogens (tertiary/aromatic N) is 1. The molecular formula is C18H29N3O4. The number of aromatic nitrogens is 1. The number of aromatic amines is 1. The number of piperidine rings is 1. The predicted molar refractivity (Wildman–Crippen MR) is 95.8 cm³/mol. The summed E-state index contributed by atoms with van der Waals surface area (Å²) < 4.78 is 10.5. The van der Waals surface area contributed by atoms with Gasteiger partial charge in [0.05, 0.1) is 12.3 Å². The number of carbonyl (C=O) groups is 2. The summed E-state index contributed by atoms with van der Waals surface area (Å²) in [7, 11) is 0. The molecule has 1 atom stereocenters. The molecule has 7 heteroatoms. The number of nitrogens with one attached hydrogen (secondary N) is 2. The maximum atomic E-state index is 12.2. The van der Waals surface area contributed by atoms with Crippen molar-refractivity contribution < 1.29 is 19.1 Å². The molecule has 2 heterocycles. The van der Waals surface area contributed by atoms with Gasteiger partial charge in [0.1, 0.15) is 11.3 Å². The molecule has 1 amide bonds. The van der Waals surface area contributed by atoms with Gasteiger partial charge in [0.25, 0.3) is 0 Å². The van der Waals surface area contributed by atoms with Crippen molar-refractivity contribution in [1.82, 2.24) is 9.88 Å². The van der Waals surface area contributed by atoms with Gasteiger partial charge in [-0.2, -0.15) is 0 Å². The quantitative estimate of drug-likeness (QED) is 0.796. The van der Waals surface area contributed by atoms with Gasteiger partial charge in [-0.25, -0.2) is 9.59 Å². The number of esters is 1. The highest BCUT2D eigenvalue weighted by Gasteiger charge is 2.27. The van der Waals surface area contributed by atoms with Crippen molar-refractivity contribution in [3.8, 4) is 0 Å². The summed E-state index contributed by atoms with van der Waals surface area (Å²) in [5.74, 6) is -0.0553. The molecular weight excluding hydrogens is 322 g/mol. The second kappa shape index (κ2) is 8.27. The van der Waals surface area contributed by atoms with Crippen molar-refractivity contribution in [3.63, 3.8) is 0 Å². The molecule has 7 nitrogen and oxygen atoms in total. The summed E-state index contributed by atoms with van der Waals surface area (Å²) in [5, 5.41) is 3.30. The Morgan fingerprint density at radius 1 is 1.40 bits per heavy atom. The van der Waals surface area contributed by atoms with Gasteiger partial charge in [-0.05, 0) is 52.5 Å². The first-order chi connectivity index (χ1) is 11.8. The van der Waals surface area contributed by atoms with Crippen LogP contribution in [0.5, 0.6) is 0 Å². The lowest BCUT2D eigenvalue weighted by atomic mass is 9.98. The Bertz CT molecular complexity index is 591. The summed E-state index contributed by atoms with van der Waals surface area (Å²) in [6.07, 6.45) is 3.43. The maximum absolute atomic E-state index is 12.2. The Kier molecular flexibility index (Phi) is 6.33. The Morgan fingerprint density at radius 3 is 2.84 bits per heavy atom. The zero-order valence-corrected chi connectivity index (χ0v) is 15.6. The van der Waals surface area contributed by atoms with Crippen LogP contribution in [-0.2, 0) is 9.47 Å². The van der Waals surface area contributed by atoms with Crippen LogP contribution in [0.25, 0.3) is 0 Å². The Hall–Kier alpha value is -2.18. The standard InChI is InChI=1S/C18H29N3O4/c1-5-24-16(22)15-14(8-9-19-15)20-11-13-7-6-10-21(12-13)17(23)25-18(2,3)4/h8-9,13,19-20H,5-7,10-12H2,1-4H3. The fourth-order valence-corrected chi connectivity index (χ4v) is 2.87. The minimum Gasteiger partial charge on any atom is -0.461 e. The van der Waals surface area contributed by atoms with E-state index in [1.165, 1.54) is 0 Å². The van der Waals surface area contributed by atoms with Crippen molar-refractivity contribution in [2.75, 3.05) is 31.6 Å². The first-order valence-corrected chi connectivity index (χ1v) is 8.86. The topological polar surface area (TPSA) is 83.7 Å². The van der Waals surface area contributed by atoms with Crippen LogP contribution < -0.4 is 5.32 Å². The van der Waals surface area contributed by atoms with Gasteiger partial charge in [0.15, 0.2) is 0 Å². The molecule has 1 aliphatic rings. The molecule has 0 saturated carbocycles. The zero-order valence-electron chi connectivity index (χ0n) is 15.6. The summed E-state index contributed by atoms with van der Waals surface area (Å²) in [6.45, 7) is 9.80. The van der Waals surface area contributed by atoms with E-state index >= 15 is 0 Å². The summed E-state index contributed by atoms with van der Waals surface area (Å²) in [4.78, 5) is 28.8. The van der Waals surface area contributed by atoms with Crippen LogP contribution in [0.4, 0.5) is 10.5 Å². The van der Waals surface area contributed by atoms with Crippen LogP contribution in [-0.4, -0.2) is 53.8 Å². The largest absolute Gasteiger partial charge is 0.461 e. The second-order valence-corrected chi connectivity index (χ2v) is 7.30. The van der Waals surface area contributed by atoms with Crippen LogP contribution in [0.15, 0.2) is 12.3 Å². The van der Waals surface area contributed by atoms with Crippen molar-refractivity contribution in [3.05, 3.63) is 18.0 Å². The average molecular weight is 351 g/mol. The van der Waals surface area contributed by atoms with Gasteiger partial charge in [0, 0.05) is 25.8 Å². The minimum atomic E-state index is -0.484. The Labute approximate surface area is 149 Å². The summed E-state index contributed by atoms with van der Waals surface area (Å²) in [6, 6.07) is 1.82. The van der Waals surface area contributed by atoms with Crippen LogP contribution in [0.2, 0.25) is 0 Å². The molecule has 0 bridgehead atoms. The van der Waals surface area contributed by atoms with E-state index in [1.54, 1.807) is 18.0 Å². The van der Waals surface area contributed by atoms with Crippen molar-refractivity contribution in [1.29, 1.82) is 0 Å². The number of rotatable bonds is 5. The number of H-pyrrole nitrogens is 1. The minimum absolute atomic E-state index is 0.258. The summed E-state index contributed by atoms with van der Waals surface area (Å²) >= 11 is 0. The molecule has 2 rings (SSSR count). The Morgan fingerprint density at radius 2 is 2.16 bits per heavy atom. The first kappa shape index (κ1) is 19.1. The van der Waals surface area contributed by atoms with Crippen LogP contribution in [0, 0.1) is 5.92 Å². The lowest BCUT2D eigenvalue weighted by Crippen LogP contribution is -2.44. The summed E-state index contributed by atoms with van der Waals surface area (Å²) in [5.41, 5.74) is 0.677. The van der Waals surface area contributed by atoms with E-state index in [0.29, 0.717) is 31.3 Å². The monoisotopic (exact) mass is 351 g/mol. The number of carbonyl (C=O) groups excluding carboxylic acids is 2. The molecule has 140 valence electrons. The van der Waals surface area contributed by atoms with E-state index in [0.717, 1.165) is 25.1 Å². The van der Waals surface area contributed by atoms with Crippen molar-refractivity contribution >= 4 is 17.7 Å². The fourth-order valence-electron chi connectivity index (χ4n) is 2.87. The second-order valence-electron chi connectivity index (χ2n) is 7.30.